The molecule has 0 spiro atoms. The van der Waals surface area contributed by atoms with Crippen LogP contribution in [0.25, 0.3) is 0 Å². The Morgan fingerprint density at radius 1 is 1.14 bits per heavy atom. The van der Waals surface area contributed by atoms with Gasteiger partial charge in [0, 0.05) is 32.1 Å². The second kappa shape index (κ2) is 14.6. The molecule has 0 radical (unpaired) electrons. The highest BCUT2D eigenvalue weighted by molar-refractivity contribution is 6.00. The minimum absolute atomic E-state index is 0.117. The molecule has 2 aromatic carbocycles. The van der Waals surface area contributed by atoms with Crippen molar-refractivity contribution in [2.75, 3.05) is 33.3 Å². The van der Waals surface area contributed by atoms with E-state index in [1.807, 2.05) is 24.3 Å². The van der Waals surface area contributed by atoms with E-state index >= 15 is 0 Å². The van der Waals surface area contributed by atoms with Gasteiger partial charge in [0.1, 0.15) is 6.29 Å². The number of benzene rings is 2. The number of aryl methyl sites for hydroxylation is 2. The molecule has 0 saturated heterocycles. The maximum Gasteiger partial charge on any atom is 0.255 e. The van der Waals surface area contributed by atoms with Crippen LogP contribution >= 0.6 is 0 Å². The summed E-state index contributed by atoms with van der Waals surface area (Å²) >= 11 is 0. The SMILES string of the molecule is CCN(CCCCc1cccc2c1CN(C(C=O)CCC(=O)NC)C2=O)CCOCc1ccccc1C. The summed E-state index contributed by atoms with van der Waals surface area (Å²) in [5.74, 6) is -0.246. The van der Waals surface area contributed by atoms with E-state index in [-0.39, 0.29) is 18.2 Å². The Kier molecular flexibility index (Phi) is 11.3. The van der Waals surface area contributed by atoms with Gasteiger partial charge in [-0.15, -0.1) is 0 Å². The van der Waals surface area contributed by atoms with Crippen LogP contribution in [0.4, 0.5) is 0 Å². The molecule has 0 fully saturated rings. The number of carbonyl (C=O) groups excluding carboxylic acids is 3. The fourth-order valence-corrected chi connectivity index (χ4v) is 4.85. The standard InChI is InChI=1S/C30H41N3O4/c1-4-32(18-19-37-22-25-12-6-5-10-23(25)2)17-8-7-11-24-13-9-14-27-28(24)20-33(30(27)36)26(21-34)15-16-29(35)31-3/h5-6,9-10,12-14,21,26H,4,7-8,11,15-20,22H2,1-3H3,(H,31,35). The van der Waals surface area contributed by atoms with Crippen molar-refractivity contribution in [2.45, 2.75) is 65.1 Å². The molecule has 1 unspecified atom stereocenters. The molecule has 200 valence electrons. The van der Waals surface area contributed by atoms with Crippen molar-refractivity contribution in [3.05, 3.63) is 70.3 Å². The maximum absolute atomic E-state index is 13.0. The molecule has 3 rings (SSSR count). The molecule has 7 nitrogen and oxygen atoms in total. The molecule has 0 aromatic heterocycles. The first kappa shape index (κ1) is 28.5. The highest BCUT2D eigenvalue weighted by Gasteiger charge is 2.33. The quantitative estimate of drug-likeness (QED) is 0.275. The van der Waals surface area contributed by atoms with Gasteiger partial charge in [-0.3, -0.25) is 9.59 Å². The smallest absolute Gasteiger partial charge is 0.255 e. The molecule has 1 aliphatic heterocycles. The van der Waals surface area contributed by atoms with Gasteiger partial charge in [0.2, 0.25) is 5.91 Å². The van der Waals surface area contributed by atoms with Gasteiger partial charge in [-0.2, -0.15) is 0 Å². The number of carbonyl (C=O) groups is 3. The molecule has 0 bridgehead atoms. The number of hydrogen-bond acceptors (Lipinski definition) is 5. The molecular formula is C30H41N3O4. The Labute approximate surface area is 221 Å². The van der Waals surface area contributed by atoms with E-state index < -0.39 is 6.04 Å². The largest absolute Gasteiger partial charge is 0.375 e. The highest BCUT2D eigenvalue weighted by Crippen LogP contribution is 2.29. The van der Waals surface area contributed by atoms with Crippen molar-refractivity contribution in [3.63, 3.8) is 0 Å². The average molecular weight is 508 g/mol. The van der Waals surface area contributed by atoms with E-state index in [9.17, 15) is 14.4 Å². The average Bonchev–Trinajstić information content (AvgIpc) is 3.25. The number of nitrogens with zero attached hydrogens (tertiary/aromatic N) is 2. The van der Waals surface area contributed by atoms with Gasteiger partial charge in [0.05, 0.1) is 19.3 Å². The first-order chi connectivity index (χ1) is 18.0. The van der Waals surface area contributed by atoms with Crippen LogP contribution in [0, 0.1) is 6.92 Å². The minimum atomic E-state index is -0.587. The van der Waals surface area contributed by atoms with Crippen molar-refractivity contribution in [1.29, 1.82) is 0 Å². The number of nitrogens with one attached hydrogen (secondary N) is 1. The lowest BCUT2D eigenvalue weighted by atomic mass is 9.99. The summed E-state index contributed by atoms with van der Waals surface area (Å²) in [4.78, 5) is 40.4. The molecule has 0 aliphatic carbocycles. The van der Waals surface area contributed by atoms with Crippen LogP contribution in [0.3, 0.4) is 0 Å². The van der Waals surface area contributed by atoms with Gasteiger partial charge >= 0.3 is 0 Å². The lowest BCUT2D eigenvalue weighted by Crippen LogP contribution is -2.37. The zero-order valence-corrected chi connectivity index (χ0v) is 22.5. The fraction of sp³-hybridized carbons (Fsp3) is 0.500. The Morgan fingerprint density at radius 3 is 2.65 bits per heavy atom. The third-order valence-corrected chi connectivity index (χ3v) is 7.28. The number of aldehydes is 1. The van der Waals surface area contributed by atoms with E-state index in [2.05, 4.69) is 42.3 Å². The van der Waals surface area contributed by atoms with Crippen molar-refractivity contribution in [2.24, 2.45) is 0 Å². The number of fused-ring (bicyclic) bond motifs is 1. The van der Waals surface area contributed by atoms with Gasteiger partial charge in [-0.25, -0.2) is 0 Å². The molecule has 1 atom stereocenters. The molecule has 37 heavy (non-hydrogen) atoms. The number of ether oxygens (including phenoxy) is 1. The van der Waals surface area contributed by atoms with E-state index in [1.165, 1.54) is 16.7 Å². The monoisotopic (exact) mass is 507 g/mol. The number of hydrogen-bond donors (Lipinski definition) is 1. The van der Waals surface area contributed by atoms with Crippen molar-refractivity contribution >= 4 is 18.1 Å². The summed E-state index contributed by atoms with van der Waals surface area (Å²) < 4.78 is 5.92. The zero-order valence-electron chi connectivity index (χ0n) is 22.5. The number of likely N-dealkylation sites (N-methyl/N-ethyl adjacent to an activating group) is 1. The molecule has 1 N–H and O–H groups in total. The molecule has 2 aromatic rings. The van der Waals surface area contributed by atoms with Gasteiger partial charge in [-0.1, -0.05) is 43.3 Å². The first-order valence-corrected chi connectivity index (χ1v) is 13.4. The summed E-state index contributed by atoms with van der Waals surface area (Å²) in [5.41, 5.74) is 5.39. The van der Waals surface area contributed by atoms with Gasteiger partial charge in [0.15, 0.2) is 0 Å². The van der Waals surface area contributed by atoms with Crippen LogP contribution in [0.15, 0.2) is 42.5 Å². The van der Waals surface area contributed by atoms with Crippen molar-refractivity contribution in [3.8, 4) is 0 Å². The topological polar surface area (TPSA) is 79.0 Å². The molecule has 0 saturated carbocycles. The maximum atomic E-state index is 13.0. The Bertz CT molecular complexity index is 1050. The lowest BCUT2D eigenvalue weighted by Gasteiger charge is -2.23. The summed E-state index contributed by atoms with van der Waals surface area (Å²) in [6.45, 7) is 8.99. The number of rotatable bonds is 16. The summed E-state index contributed by atoms with van der Waals surface area (Å²) in [6, 6.07) is 13.6. The lowest BCUT2D eigenvalue weighted by molar-refractivity contribution is -0.121. The van der Waals surface area contributed by atoms with Crippen LogP contribution in [-0.2, 0) is 33.9 Å². The third kappa shape index (κ3) is 7.98. The van der Waals surface area contributed by atoms with Crippen LogP contribution in [0.5, 0.6) is 0 Å². The van der Waals surface area contributed by atoms with E-state index in [0.29, 0.717) is 31.7 Å². The first-order valence-electron chi connectivity index (χ1n) is 13.4. The predicted octanol–water partition coefficient (Wildman–Crippen LogP) is 3.91. The molecular weight excluding hydrogens is 466 g/mol. The molecule has 2 amide bonds. The normalized spacial score (nSPS) is 13.6. The second-order valence-electron chi connectivity index (χ2n) is 9.66. The van der Waals surface area contributed by atoms with E-state index in [4.69, 9.17) is 4.74 Å². The summed E-state index contributed by atoms with van der Waals surface area (Å²) in [5, 5.41) is 2.57. The van der Waals surface area contributed by atoms with Crippen molar-refractivity contribution in [1.82, 2.24) is 15.1 Å². The fourth-order valence-electron chi connectivity index (χ4n) is 4.85. The Morgan fingerprint density at radius 2 is 1.92 bits per heavy atom. The van der Waals surface area contributed by atoms with Gasteiger partial charge < -0.3 is 24.6 Å². The summed E-state index contributed by atoms with van der Waals surface area (Å²) in [7, 11) is 1.57. The van der Waals surface area contributed by atoms with E-state index in [0.717, 1.165) is 50.7 Å². The van der Waals surface area contributed by atoms with Gasteiger partial charge in [0.25, 0.3) is 5.91 Å². The molecule has 7 heteroatoms. The highest BCUT2D eigenvalue weighted by atomic mass is 16.5. The molecule has 1 aliphatic rings. The number of amides is 2. The van der Waals surface area contributed by atoms with Crippen LogP contribution in [0.2, 0.25) is 0 Å². The van der Waals surface area contributed by atoms with Crippen LogP contribution < -0.4 is 5.32 Å². The van der Waals surface area contributed by atoms with E-state index in [1.54, 1.807) is 11.9 Å². The predicted molar refractivity (Wildman–Crippen MR) is 145 cm³/mol. The van der Waals surface area contributed by atoms with Crippen molar-refractivity contribution < 1.29 is 19.1 Å². The second-order valence-corrected chi connectivity index (χ2v) is 9.66. The zero-order chi connectivity index (χ0) is 26.6. The minimum Gasteiger partial charge on any atom is -0.375 e. The Hall–Kier alpha value is -3.03. The number of unbranched alkanes of at least 4 members (excludes halogenated alkanes) is 1. The molecule has 1 heterocycles. The van der Waals surface area contributed by atoms with Crippen LogP contribution in [0.1, 0.15) is 65.2 Å². The summed E-state index contributed by atoms with van der Waals surface area (Å²) in [6.07, 6.45) is 4.33. The van der Waals surface area contributed by atoms with Crippen LogP contribution in [-0.4, -0.2) is 67.2 Å². The van der Waals surface area contributed by atoms with Gasteiger partial charge in [-0.05, 0) is 74.0 Å². The Balaban J connectivity index is 1.44. The third-order valence-electron chi connectivity index (χ3n) is 7.28.